The SMILES string of the molecule is CC(=O)c1ccc2sc3ccc(C#COCc4ccccc4)cc3c2c1. The van der Waals surface area contributed by atoms with E-state index < -0.39 is 0 Å². The summed E-state index contributed by atoms with van der Waals surface area (Å²) in [6, 6.07) is 22.0. The fourth-order valence-electron chi connectivity index (χ4n) is 2.86. The van der Waals surface area contributed by atoms with Crippen LogP contribution in [0.25, 0.3) is 20.2 Å². The van der Waals surface area contributed by atoms with Crippen LogP contribution in [0.4, 0.5) is 0 Å². The number of hydrogen-bond donors (Lipinski definition) is 0. The predicted octanol–water partition coefficient (Wildman–Crippen LogP) is 5.78. The molecule has 0 amide bonds. The Balaban J connectivity index is 1.62. The van der Waals surface area contributed by atoms with Crippen LogP contribution in [0.3, 0.4) is 0 Å². The molecular weight excluding hydrogens is 340 g/mol. The molecule has 4 aromatic rings. The van der Waals surface area contributed by atoms with Gasteiger partial charge in [-0.15, -0.1) is 11.3 Å². The molecule has 0 fully saturated rings. The summed E-state index contributed by atoms with van der Waals surface area (Å²) in [7, 11) is 0. The number of fused-ring (bicyclic) bond motifs is 3. The van der Waals surface area contributed by atoms with Gasteiger partial charge < -0.3 is 4.74 Å². The monoisotopic (exact) mass is 356 g/mol. The summed E-state index contributed by atoms with van der Waals surface area (Å²) < 4.78 is 7.82. The predicted molar refractivity (Wildman–Crippen MR) is 107 cm³/mol. The maximum atomic E-state index is 11.7. The van der Waals surface area contributed by atoms with E-state index in [1.165, 1.54) is 9.40 Å². The largest absolute Gasteiger partial charge is 0.441 e. The van der Waals surface area contributed by atoms with Gasteiger partial charge in [-0.25, -0.2) is 0 Å². The lowest BCUT2D eigenvalue weighted by molar-refractivity contribution is 0.101. The molecule has 0 spiro atoms. The molecular formula is C23H16O2S. The van der Waals surface area contributed by atoms with E-state index in [2.05, 4.69) is 24.2 Å². The minimum absolute atomic E-state index is 0.0801. The molecule has 0 N–H and O–H groups in total. The first-order valence-electron chi connectivity index (χ1n) is 8.35. The standard InChI is InChI=1S/C23H16O2S/c1-16(24)19-8-10-23-21(14-19)20-13-17(7-9-22(20)26-23)11-12-25-15-18-5-3-2-4-6-18/h2-10,13-14H,15H2,1H3. The van der Waals surface area contributed by atoms with E-state index >= 15 is 0 Å². The topological polar surface area (TPSA) is 26.3 Å². The van der Waals surface area contributed by atoms with Crippen molar-refractivity contribution in [3.63, 3.8) is 0 Å². The Bertz CT molecular complexity index is 1160. The Morgan fingerprint density at radius 3 is 2.46 bits per heavy atom. The molecule has 0 unspecified atom stereocenters. The molecule has 0 radical (unpaired) electrons. The van der Waals surface area contributed by atoms with Crippen LogP contribution in [0.15, 0.2) is 66.7 Å². The van der Waals surface area contributed by atoms with Gasteiger partial charge in [0.05, 0.1) is 0 Å². The third-order valence-corrected chi connectivity index (χ3v) is 5.38. The Morgan fingerprint density at radius 2 is 1.69 bits per heavy atom. The van der Waals surface area contributed by atoms with E-state index in [1.807, 2.05) is 54.6 Å². The second-order valence-corrected chi connectivity index (χ2v) is 7.17. The first-order chi connectivity index (χ1) is 12.7. The Morgan fingerprint density at radius 1 is 0.962 bits per heavy atom. The molecule has 26 heavy (non-hydrogen) atoms. The Kier molecular flexibility index (Phi) is 4.43. The fourth-order valence-corrected chi connectivity index (χ4v) is 3.93. The van der Waals surface area contributed by atoms with Gasteiger partial charge in [-0.2, -0.15) is 0 Å². The first-order valence-corrected chi connectivity index (χ1v) is 9.16. The van der Waals surface area contributed by atoms with Crippen LogP contribution < -0.4 is 0 Å². The third kappa shape index (κ3) is 3.33. The Hall–Kier alpha value is -3.09. The van der Waals surface area contributed by atoms with Gasteiger partial charge in [0.15, 0.2) is 5.78 Å². The Labute approximate surface area is 156 Å². The lowest BCUT2D eigenvalue weighted by Crippen LogP contribution is -1.89. The van der Waals surface area contributed by atoms with Gasteiger partial charge in [-0.3, -0.25) is 4.79 Å². The second kappa shape index (κ2) is 7.03. The molecule has 3 aromatic carbocycles. The van der Waals surface area contributed by atoms with Crippen molar-refractivity contribution in [1.29, 1.82) is 0 Å². The lowest BCUT2D eigenvalue weighted by Gasteiger charge is -1.98. The molecule has 0 aliphatic carbocycles. The fraction of sp³-hybridized carbons (Fsp3) is 0.0870. The molecule has 0 saturated heterocycles. The number of carbonyl (C=O) groups is 1. The quantitative estimate of drug-likeness (QED) is 0.343. The maximum Gasteiger partial charge on any atom is 0.159 e. The summed E-state index contributed by atoms with van der Waals surface area (Å²) in [6.45, 7) is 2.07. The van der Waals surface area contributed by atoms with Gasteiger partial charge in [-0.1, -0.05) is 30.3 Å². The number of Topliss-reactive ketones (excluding diaryl/α,β-unsaturated/α-hetero) is 1. The third-order valence-electron chi connectivity index (χ3n) is 4.22. The molecule has 0 saturated carbocycles. The van der Waals surface area contributed by atoms with Crippen molar-refractivity contribution >= 4 is 37.3 Å². The molecule has 2 nitrogen and oxygen atoms in total. The molecule has 0 atom stereocenters. The van der Waals surface area contributed by atoms with Crippen LogP contribution in [-0.2, 0) is 11.3 Å². The van der Waals surface area contributed by atoms with Crippen LogP contribution in [-0.4, -0.2) is 5.78 Å². The van der Waals surface area contributed by atoms with E-state index in [4.69, 9.17) is 4.74 Å². The highest BCUT2D eigenvalue weighted by atomic mass is 32.1. The highest BCUT2D eigenvalue weighted by Crippen LogP contribution is 2.34. The van der Waals surface area contributed by atoms with Crippen molar-refractivity contribution in [2.75, 3.05) is 0 Å². The summed E-state index contributed by atoms with van der Waals surface area (Å²) in [5, 5.41) is 2.23. The zero-order valence-electron chi connectivity index (χ0n) is 14.3. The van der Waals surface area contributed by atoms with Gasteiger partial charge in [0.2, 0.25) is 0 Å². The van der Waals surface area contributed by atoms with Crippen LogP contribution in [0.2, 0.25) is 0 Å². The van der Waals surface area contributed by atoms with E-state index in [0.717, 1.165) is 27.5 Å². The van der Waals surface area contributed by atoms with Crippen molar-refractivity contribution in [2.24, 2.45) is 0 Å². The molecule has 0 aliphatic heterocycles. The number of thiophene rings is 1. The van der Waals surface area contributed by atoms with Crippen LogP contribution in [0, 0.1) is 12.0 Å². The van der Waals surface area contributed by atoms with Gasteiger partial charge in [0.1, 0.15) is 12.7 Å². The molecule has 1 aromatic heterocycles. The minimum atomic E-state index is 0.0801. The molecule has 3 heteroatoms. The van der Waals surface area contributed by atoms with Crippen molar-refractivity contribution in [1.82, 2.24) is 0 Å². The van der Waals surface area contributed by atoms with Gasteiger partial charge in [0.25, 0.3) is 0 Å². The van der Waals surface area contributed by atoms with Gasteiger partial charge >= 0.3 is 0 Å². The minimum Gasteiger partial charge on any atom is -0.441 e. The van der Waals surface area contributed by atoms with Crippen molar-refractivity contribution in [3.8, 4) is 12.0 Å². The average molecular weight is 356 g/mol. The van der Waals surface area contributed by atoms with E-state index in [0.29, 0.717) is 6.61 Å². The summed E-state index contributed by atoms with van der Waals surface area (Å²) >= 11 is 1.73. The van der Waals surface area contributed by atoms with Crippen LogP contribution in [0.5, 0.6) is 0 Å². The summed E-state index contributed by atoms with van der Waals surface area (Å²) in [6.07, 6.45) is 2.78. The zero-order chi connectivity index (χ0) is 17.9. The number of benzene rings is 3. The molecule has 0 bridgehead atoms. The molecule has 0 aliphatic rings. The first kappa shape index (κ1) is 16.4. The average Bonchev–Trinajstić information content (AvgIpc) is 3.03. The van der Waals surface area contributed by atoms with Crippen LogP contribution in [0.1, 0.15) is 28.4 Å². The number of ether oxygens (including phenoxy) is 1. The second-order valence-electron chi connectivity index (χ2n) is 6.08. The van der Waals surface area contributed by atoms with Crippen molar-refractivity contribution in [3.05, 3.63) is 83.4 Å². The highest BCUT2D eigenvalue weighted by molar-refractivity contribution is 7.25. The van der Waals surface area contributed by atoms with Gasteiger partial charge in [-0.05, 0) is 54.8 Å². The normalized spacial score (nSPS) is 10.5. The van der Waals surface area contributed by atoms with Gasteiger partial charge in [0, 0.05) is 31.3 Å². The summed E-state index contributed by atoms with van der Waals surface area (Å²) in [4.78, 5) is 11.7. The molecule has 126 valence electrons. The maximum absolute atomic E-state index is 11.7. The zero-order valence-corrected chi connectivity index (χ0v) is 15.1. The highest BCUT2D eigenvalue weighted by Gasteiger charge is 2.08. The van der Waals surface area contributed by atoms with Crippen molar-refractivity contribution < 1.29 is 9.53 Å². The molecule has 1 heterocycles. The summed E-state index contributed by atoms with van der Waals surface area (Å²) in [5.74, 6) is 3.14. The van der Waals surface area contributed by atoms with E-state index in [-0.39, 0.29) is 5.78 Å². The summed E-state index contributed by atoms with van der Waals surface area (Å²) in [5.41, 5.74) is 2.73. The molecule has 4 rings (SSSR count). The smallest absolute Gasteiger partial charge is 0.159 e. The van der Waals surface area contributed by atoms with E-state index in [9.17, 15) is 4.79 Å². The number of ketones is 1. The number of carbonyl (C=O) groups excluding carboxylic acids is 1. The number of rotatable bonds is 3. The van der Waals surface area contributed by atoms with E-state index in [1.54, 1.807) is 18.3 Å². The lowest BCUT2D eigenvalue weighted by atomic mass is 10.1. The van der Waals surface area contributed by atoms with Crippen LogP contribution >= 0.6 is 11.3 Å². The van der Waals surface area contributed by atoms with Crippen molar-refractivity contribution in [2.45, 2.75) is 13.5 Å². The number of hydrogen-bond acceptors (Lipinski definition) is 3.